The number of aromatic hydroxyl groups is 1. The molecular weight excluding hydrogens is 209 g/mol. The Morgan fingerprint density at radius 3 is 2.50 bits per heavy atom. The van der Waals surface area contributed by atoms with Gasteiger partial charge in [0.15, 0.2) is 11.6 Å². The molecule has 2 rings (SSSR count). The predicted molar refractivity (Wildman–Crippen MR) is 60.0 cm³/mol. The van der Waals surface area contributed by atoms with Crippen molar-refractivity contribution in [2.45, 2.75) is 37.8 Å². The Morgan fingerprint density at radius 1 is 1.19 bits per heavy atom. The first kappa shape index (κ1) is 11.2. The van der Waals surface area contributed by atoms with Gasteiger partial charge in [-0.25, -0.2) is 4.39 Å². The Kier molecular flexibility index (Phi) is 3.29. The Hall–Kier alpha value is -1.29. The molecule has 1 aliphatic carbocycles. The molecule has 0 bridgehead atoms. The van der Waals surface area contributed by atoms with Gasteiger partial charge in [-0.2, -0.15) is 0 Å². The third kappa shape index (κ3) is 2.64. The number of benzene rings is 1. The molecule has 1 aliphatic rings. The van der Waals surface area contributed by atoms with Gasteiger partial charge in [-0.05, 0) is 37.8 Å². The molecule has 1 aromatic carbocycles. The maximum absolute atomic E-state index is 13.1. The number of hydrogen-bond acceptors (Lipinski definition) is 3. The van der Waals surface area contributed by atoms with Gasteiger partial charge in [-0.3, -0.25) is 0 Å². The predicted octanol–water partition coefficient (Wildman–Crippen LogP) is 2.25. The van der Waals surface area contributed by atoms with Gasteiger partial charge in [0.25, 0.3) is 0 Å². The standard InChI is InChI=1S/C12H16FNO2/c13-11-7-9(3-6-12(11)16)14-8-1-4-10(15)5-2-8/h3,6-8,10,14-16H,1-2,4-5H2. The Balaban J connectivity index is 1.96. The number of aliphatic hydroxyl groups is 1. The van der Waals surface area contributed by atoms with Crippen LogP contribution in [0.3, 0.4) is 0 Å². The quantitative estimate of drug-likeness (QED) is 0.677. The molecule has 16 heavy (non-hydrogen) atoms. The number of aliphatic hydroxyl groups excluding tert-OH is 1. The van der Waals surface area contributed by atoms with Crippen LogP contribution in [0, 0.1) is 5.82 Å². The minimum Gasteiger partial charge on any atom is -0.505 e. The Morgan fingerprint density at radius 2 is 1.88 bits per heavy atom. The molecule has 0 amide bonds. The van der Waals surface area contributed by atoms with E-state index in [2.05, 4.69) is 5.32 Å². The topological polar surface area (TPSA) is 52.5 Å². The van der Waals surface area contributed by atoms with Crippen LogP contribution in [0.2, 0.25) is 0 Å². The molecule has 0 aliphatic heterocycles. The first-order valence-electron chi connectivity index (χ1n) is 5.58. The van der Waals surface area contributed by atoms with Crippen molar-refractivity contribution in [3.05, 3.63) is 24.0 Å². The van der Waals surface area contributed by atoms with E-state index in [1.165, 1.54) is 12.1 Å². The second-order valence-electron chi connectivity index (χ2n) is 4.32. The van der Waals surface area contributed by atoms with Gasteiger partial charge >= 0.3 is 0 Å². The minimum atomic E-state index is -0.610. The summed E-state index contributed by atoms with van der Waals surface area (Å²) in [6.07, 6.45) is 3.18. The molecule has 3 N–H and O–H groups in total. The number of hydrogen-bond donors (Lipinski definition) is 3. The summed E-state index contributed by atoms with van der Waals surface area (Å²) in [5.41, 5.74) is 0.677. The lowest BCUT2D eigenvalue weighted by Crippen LogP contribution is -2.28. The van der Waals surface area contributed by atoms with Crippen molar-refractivity contribution in [1.82, 2.24) is 0 Å². The smallest absolute Gasteiger partial charge is 0.166 e. The molecule has 0 saturated heterocycles. The van der Waals surface area contributed by atoms with Crippen molar-refractivity contribution in [2.24, 2.45) is 0 Å². The van der Waals surface area contributed by atoms with Crippen LogP contribution < -0.4 is 5.32 Å². The van der Waals surface area contributed by atoms with E-state index >= 15 is 0 Å². The third-order valence-electron chi connectivity index (χ3n) is 3.02. The number of phenols is 1. The van der Waals surface area contributed by atoms with Gasteiger partial charge in [0.1, 0.15) is 0 Å². The lowest BCUT2D eigenvalue weighted by atomic mass is 9.93. The summed E-state index contributed by atoms with van der Waals surface area (Å²) >= 11 is 0. The summed E-state index contributed by atoms with van der Waals surface area (Å²) < 4.78 is 13.1. The van der Waals surface area contributed by atoms with E-state index in [1.54, 1.807) is 6.07 Å². The van der Waals surface area contributed by atoms with Crippen LogP contribution in [-0.2, 0) is 0 Å². The molecule has 0 radical (unpaired) electrons. The van der Waals surface area contributed by atoms with Gasteiger partial charge in [0.05, 0.1) is 6.10 Å². The molecule has 1 fully saturated rings. The van der Waals surface area contributed by atoms with Crippen LogP contribution in [0.4, 0.5) is 10.1 Å². The van der Waals surface area contributed by atoms with E-state index in [9.17, 15) is 9.50 Å². The molecular formula is C12H16FNO2. The number of anilines is 1. The fourth-order valence-corrected chi connectivity index (χ4v) is 2.05. The first-order valence-corrected chi connectivity index (χ1v) is 5.58. The van der Waals surface area contributed by atoms with Crippen LogP contribution >= 0.6 is 0 Å². The van der Waals surface area contributed by atoms with Crippen LogP contribution in [0.1, 0.15) is 25.7 Å². The molecule has 0 unspecified atom stereocenters. The average molecular weight is 225 g/mol. The van der Waals surface area contributed by atoms with Crippen LogP contribution in [0.5, 0.6) is 5.75 Å². The van der Waals surface area contributed by atoms with Crippen LogP contribution in [-0.4, -0.2) is 22.4 Å². The van der Waals surface area contributed by atoms with Gasteiger partial charge in [0.2, 0.25) is 0 Å². The molecule has 0 spiro atoms. The lowest BCUT2D eigenvalue weighted by molar-refractivity contribution is 0.126. The highest BCUT2D eigenvalue weighted by Gasteiger charge is 2.19. The second kappa shape index (κ2) is 4.70. The zero-order valence-electron chi connectivity index (χ0n) is 8.99. The average Bonchev–Trinajstić information content (AvgIpc) is 2.27. The summed E-state index contributed by atoms with van der Waals surface area (Å²) in [4.78, 5) is 0. The molecule has 0 aromatic heterocycles. The maximum Gasteiger partial charge on any atom is 0.166 e. The van der Waals surface area contributed by atoms with Gasteiger partial charge in [-0.15, -0.1) is 0 Å². The number of phenolic OH excluding ortho intramolecular Hbond substituents is 1. The van der Waals surface area contributed by atoms with Crippen molar-refractivity contribution in [3.8, 4) is 5.75 Å². The van der Waals surface area contributed by atoms with Crippen molar-refractivity contribution >= 4 is 5.69 Å². The first-order chi connectivity index (χ1) is 7.65. The van der Waals surface area contributed by atoms with Gasteiger partial charge in [0, 0.05) is 17.8 Å². The summed E-state index contributed by atoms with van der Waals surface area (Å²) in [6, 6.07) is 4.58. The van der Waals surface area contributed by atoms with E-state index in [0.717, 1.165) is 25.7 Å². The van der Waals surface area contributed by atoms with E-state index in [1.807, 2.05) is 0 Å². The fourth-order valence-electron chi connectivity index (χ4n) is 2.05. The number of rotatable bonds is 2. The van der Waals surface area contributed by atoms with Crippen molar-refractivity contribution in [1.29, 1.82) is 0 Å². The number of halogens is 1. The zero-order valence-corrected chi connectivity index (χ0v) is 8.99. The normalized spacial score (nSPS) is 25.4. The second-order valence-corrected chi connectivity index (χ2v) is 4.32. The summed E-state index contributed by atoms with van der Waals surface area (Å²) in [6.45, 7) is 0. The summed E-state index contributed by atoms with van der Waals surface area (Å²) in [5.74, 6) is -0.939. The van der Waals surface area contributed by atoms with Crippen molar-refractivity contribution in [3.63, 3.8) is 0 Å². The zero-order chi connectivity index (χ0) is 11.5. The molecule has 1 saturated carbocycles. The summed E-state index contributed by atoms with van der Waals surface area (Å²) in [7, 11) is 0. The molecule has 88 valence electrons. The molecule has 4 heteroatoms. The molecule has 1 aromatic rings. The molecule has 0 heterocycles. The minimum absolute atomic E-state index is 0.186. The molecule has 0 atom stereocenters. The largest absolute Gasteiger partial charge is 0.505 e. The van der Waals surface area contributed by atoms with Crippen molar-refractivity contribution in [2.75, 3.05) is 5.32 Å². The third-order valence-corrected chi connectivity index (χ3v) is 3.02. The Labute approximate surface area is 93.9 Å². The van der Waals surface area contributed by atoms with Crippen LogP contribution in [0.15, 0.2) is 18.2 Å². The van der Waals surface area contributed by atoms with E-state index in [-0.39, 0.29) is 17.9 Å². The van der Waals surface area contributed by atoms with Crippen molar-refractivity contribution < 1.29 is 14.6 Å². The Bertz CT molecular complexity index is 362. The molecule has 3 nitrogen and oxygen atoms in total. The van der Waals surface area contributed by atoms with Crippen LogP contribution in [0.25, 0.3) is 0 Å². The summed E-state index contributed by atoms with van der Waals surface area (Å²) in [5, 5.41) is 21.6. The highest BCUT2D eigenvalue weighted by atomic mass is 19.1. The highest BCUT2D eigenvalue weighted by Crippen LogP contribution is 2.24. The SMILES string of the molecule is Oc1ccc(NC2CCC(O)CC2)cc1F. The van der Waals surface area contributed by atoms with E-state index < -0.39 is 5.82 Å². The monoisotopic (exact) mass is 225 g/mol. The number of nitrogens with one attached hydrogen (secondary N) is 1. The van der Waals surface area contributed by atoms with Gasteiger partial charge < -0.3 is 15.5 Å². The van der Waals surface area contributed by atoms with E-state index in [4.69, 9.17) is 5.11 Å². The van der Waals surface area contributed by atoms with E-state index in [0.29, 0.717) is 5.69 Å². The van der Waals surface area contributed by atoms with Gasteiger partial charge in [-0.1, -0.05) is 0 Å². The maximum atomic E-state index is 13.1. The lowest BCUT2D eigenvalue weighted by Gasteiger charge is -2.27. The highest BCUT2D eigenvalue weighted by molar-refractivity contribution is 5.47. The fraction of sp³-hybridized carbons (Fsp3) is 0.500.